The molecular weight excluding hydrogens is 370 g/mol. The van der Waals surface area contributed by atoms with Crippen LogP contribution >= 0.6 is 0 Å². The number of hydrogen-bond donors (Lipinski definition) is 0. The Balaban J connectivity index is 1.47. The zero-order valence-electron chi connectivity index (χ0n) is 17.5. The molecule has 3 aromatic carbocycles. The number of ether oxygens (including phenoxy) is 1. The summed E-state index contributed by atoms with van der Waals surface area (Å²) in [4.78, 5) is 15.0. The van der Waals surface area contributed by atoms with Crippen molar-refractivity contribution >= 4 is 5.97 Å². The van der Waals surface area contributed by atoms with Crippen LogP contribution in [0.15, 0.2) is 91.0 Å². The number of carbonyl (C=O) groups is 1. The molecule has 4 rings (SSSR count). The first kappa shape index (κ1) is 20.4. The van der Waals surface area contributed by atoms with Crippen molar-refractivity contribution in [3.63, 3.8) is 0 Å². The summed E-state index contributed by atoms with van der Waals surface area (Å²) in [5.41, 5.74) is 3.73. The van der Waals surface area contributed by atoms with Crippen molar-refractivity contribution in [3.05, 3.63) is 108 Å². The molecule has 1 saturated heterocycles. The Morgan fingerprint density at radius 2 is 1.27 bits per heavy atom. The van der Waals surface area contributed by atoms with E-state index in [0.29, 0.717) is 0 Å². The number of benzene rings is 3. The third-order valence-electron chi connectivity index (χ3n) is 6.01. The third kappa shape index (κ3) is 5.17. The molecule has 0 N–H and O–H groups in total. The second-order valence-corrected chi connectivity index (χ2v) is 8.21. The minimum atomic E-state index is -0.0846. The summed E-state index contributed by atoms with van der Waals surface area (Å²) in [5.74, 6) is -0.120. The molecule has 1 aliphatic rings. The Bertz CT molecular complexity index is 885. The van der Waals surface area contributed by atoms with Gasteiger partial charge in [0.2, 0.25) is 0 Å². The van der Waals surface area contributed by atoms with Crippen molar-refractivity contribution in [1.82, 2.24) is 4.90 Å². The minimum Gasteiger partial charge on any atom is -0.460 e. The highest BCUT2D eigenvalue weighted by atomic mass is 16.6. The van der Waals surface area contributed by atoms with E-state index in [1.165, 1.54) is 16.7 Å². The summed E-state index contributed by atoms with van der Waals surface area (Å²) in [6.07, 6.45) is 1.44. The second kappa shape index (κ2) is 9.73. The van der Waals surface area contributed by atoms with E-state index < -0.39 is 0 Å². The van der Waals surface area contributed by atoms with Crippen molar-refractivity contribution in [3.8, 4) is 0 Å². The molecule has 3 nitrogen and oxygen atoms in total. The largest absolute Gasteiger partial charge is 0.460 e. The van der Waals surface area contributed by atoms with E-state index in [1.54, 1.807) is 0 Å². The van der Waals surface area contributed by atoms with Gasteiger partial charge >= 0.3 is 5.97 Å². The molecule has 0 aromatic heterocycles. The number of rotatable bonds is 8. The van der Waals surface area contributed by atoms with Crippen molar-refractivity contribution < 1.29 is 9.53 Å². The van der Waals surface area contributed by atoms with Gasteiger partial charge in [0.15, 0.2) is 0 Å². The molecule has 0 bridgehead atoms. The molecule has 0 radical (unpaired) electrons. The zero-order chi connectivity index (χ0) is 20.8. The maximum absolute atomic E-state index is 12.6. The smallest absolute Gasteiger partial charge is 0.309 e. The van der Waals surface area contributed by atoms with Crippen molar-refractivity contribution in [2.45, 2.75) is 45.0 Å². The van der Waals surface area contributed by atoms with E-state index in [1.807, 2.05) is 30.3 Å². The van der Waals surface area contributed by atoms with Crippen LogP contribution in [0.5, 0.6) is 0 Å². The standard InChI is InChI=1S/C27H29NO2/c1-21(26-18-25(27(29)30-26)17-22-11-5-2-6-12-22)28(19-23-13-7-3-8-14-23)20-24-15-9-4-10-16-24/h2-16,21,25-26H,17-20H2,1H3/t21?,25-,26-/m0/s1. The molecule has 0 saturated carbocycles. The van der Waals surface area contributed by atoms with Crippen molar-refractivity contribution in [2.75, 3.05) is 0 Å². The van der Waals surface area contributed by atoms with Crippen LogP contribution in [-0.2, 0) is 29.0 Å². The molecule has 3 heteroatoms. The lowest BCUT2D eigenvalue weighted by Crippen LogP contribution is -2.40. The first-order chi connectivity index (χ1) is 14.7. The summed E-state index contributed by atoms with van der Waals surface area (Å²) >= 11 is 0. The van der Waals surface area contributed by atoms with Gasteiger partial charge in [0, 0.05) is 19.1 Å². The van der Waals surface area contributed by atoms with Crippen molar-refractivity contribution in [1.29, 1.82) is 0 Å². The van der Waals surface area contributed by atoms with Gasteiger partial charge in [-0.2, -0.15) is 0 Å². The van der Waals surface area contributed by atoms with E-state index >= 15 is 0 Å². The van der Waals surface area contributed by atoms with Crippen LogP contribution in [0.25, 0.3) is 0 Å². The van der Waals surface area contributed by atoms with Crippen LogP contribution in [0.4, 0.5) is 0 Å². The SMILES string of the molecule is CC([C@@H]1C[C@H](Cc2ccccc2)C(=O)O1)N(Cc1ccccc1)Cc1ccccc1. The number of esters is 1. The van der Waals surface area contributed by atoms with Crippen LogP contribution in [0.2, 0.25) is 0 Å². The van der Waals surface area contributed by atoms with Gasteiger partial charge in [0.25, 0.3) is 0 Å². The third-order valence-corrected chi connectivity index (χ3v) is 6.01. The maximum Gasteiger partial charge on any atom is 0.309 e. The molecule has 30 heavy (non-hydrogen) atoms. The van der Waals surface area contributed by atoms with Gasteiger partial charge in [-0.25, -0.2) is 0 Å². The van der Waals surface area contributed by atoms with Gasteiger partial charge in [-0.3, -0.25) is 9.69 Å². The topological polar surface area (TPSA) is 29.5 Å². The fourth-order valence-corrected chi connectivity index (χ4v) is 4.25. The molecule has 0 spiro atoms. The van der Waals surface area contributed by atoms with Gasteiger partial charge in [-0.05, 0) is 36.5 Å². The first-order valence-electron chi connectivity index (χ1n) is 10.8. The van der Waals surface area contributed by atoms with Crippen LogP contribution < -0.4 is 0 Å². The number of hydrogen-bond acceptors (Lipinski definition) is 3. The highest BCUT2D eigenvalue weighted by Crippen LogP contribution is 2.30. The fraction of sp³-hybridized carbons (Fsp3) is 0.296. The molecule has 1 unspecified atom stereocenters. The predicted octanol–water partition coefficient (Wildman–Crippen LogP) is 5.25. The predicted molar refractivity (Wildman–Crippen MR) is 120 cm³/mol. The van der Waals surface area contributed by atoms with Gasteiger partial charge < -0.3 is 4.74 Å². The maximum atomic E-state index is 12.6. The lowest BCUT2D eigenvalue weighted by atomic mass is 9.94. The minimum absolute atomic E-state index is 0.0600. The highest BCUT2D eigenvalue weighted by Gasteiger charge is 2.39. The Hall–Kier alpha value is -2.91. The van der Waals surface area contributed by atoms with Crippen molar-refractivity contribution in [2.24, 2.45) is 5.92 Å². The Morgan fingerprint density at radius 3 is 1.77 bits per heavy atom. The number of carbonyl (C=O) groups excluding carboxylic acids is 1. The second-order valence-electron chi connectivity index (χ2n) is 8.21. The lowest BCUT2D eigenvalue weighted by Gasteiger charge is -2.32. The number of cyclic esters (lactones) is 1. The lowest BCUT2D eigenvalue weighted by molar-refractivity contribution is -0.146. The molecule has 154 valence electrons. The average Bonchev–Trinajstić information content (AvgIpc) is 3.15. The Kier molecular flexibility index (Phi) is 6.60. The molecule has 1 fully saturated rings. The molecule has 1 heterocycles. The normalized spacial score (nSPS) is 19.6. The molecule has 0 amide bonds. The summed E-state index contributed by atoms with van der Waals surface area (Å²) in [7, 11) is 0. The van der Waals surface area contributed by atoms with Gasteiger partial charge in [0.1, 0.15) is 6.10 Å². The van der Waals surface area contributed by atoms with E-state index in [0.717, 1.165) is 25.9 Å². The molecule has 3 aromatic rings. The van der Waals surface area contributed by atoms with Crippen LogP contribution in [0.3, 0.4) is 0 Å². The molecule has 0 aliphatic carbocycles. The monoisotopic (exact) mass is 399 g/mol. The summed E-state index contributed by atoms with van der Waals surface area (Å²) in [5, 5.41) is 0. The summed E-state index contributed by atoms with van der Waals surface area (Å²) < 4.78 is 5.88. The van der Waals surface area contributed by atoms with Gasteiger partial charge in [-0.15, -0.1) is 0 Å². The van der Waals surface area contributed by atoms with E-state index in [2.05, 4.69) is 72.5 Å². The van der Waals surface area contributed by atoms with Gasteiger partial charge in [0.05, 0.1) is 5.92 Å². The quantitative estimate of drug-likeness (QED) is 0.485. The van der Waals surface area contributed by atoms with Crippen LogP contribution in [0, 0.1) is 5.92 Å². The first-order valence-corrected chi connectivity index (χ1v) is 10.8. The fourth-order valence-electron chi connectivity index (χ4n) is 4.25. The molecular formula is C27H29NO2. The van der Waals surface area contributed by atoms with Gasteiger partial charge in [-0.1, -0.05) is 91.0 Å². The zero-order valence-corrected chi connectivity index (χ0v) is 17.5. The average molecular weight is 400 g/mol. The number of nitrogens with zero attached hydrogens (tertiary/aromatic N) is 1. The highest BCUT2D eigenvalue weighted by molar-refractivity contribution is 5.75. The molecule has 1 aliphatic heterocycles. The van der Waals surface area contributed by atoms with Crippen LogP contribution in [0.1, 0.15) is 30.0 Å². The summed E-state index contributed by atoms with van der Waals surface area (Å²) in [6, 6.07) is 31.4. The van der Waals surface area contributed by atoms with Crippen LogP contribution in [-0.4, -0.2) is 23.0 Å². The Labute approximate surface area is 179 Å². The Morgan fingerprint density at radius 1 is 0.800 bits per heavy atom. The van der Waals surface area contributed by atoms with E-state index in [9.17, 15) is 4.79 Å². The van der Waals surface area contributed by atoms with E-state index in [4.69, 9.17) is 4.74 Å². The molecule has 3 atom stereocenters. The van der Waals surface area contributed by atoms with E-state index in [-0.39, 0.29) is 24.0 Å². The summed E-state index contributed by atoms with van der Waals surface area (Å²) in [6.45, 7) is 3.84.